The van der Waals surface area contributed by atoms with Crippen molar-refractivity contribution in [1.29, 1.82) is 0 Å². The van der Waals surface area contributed by atoms with E-state index in [0.717, 1.165) is 30.6 Å². The number of rotatable bonds is 6. The third kappa shape index (κ3) is 4.03. The van der Waals surface area contributed by atoms with Crippen LogP contribution in [-0.4, -0.2) is 57.6 Å². The first-order chi connectivity index (χ1) is 13.6. The molecule has 154 valence electrons. The predicted octanol–water partition coefficient (Wildman–Crippen LogP) is 2.03. The van der Waals surface area contributed by atoms with E-state index in [1.807, 2.05) is 24.3 Å². The summed E-state index contributed by atoms with van der Waals surface area (Å²) in [4.78, 5) is 12.6. The Kier molecular flexibility index (Phi) is 5.87. The maximum absolute atomic E-state index is 12.6. The van der Waals surface area contributed by atoms with Gasteiger partial charge >= 0.3 is 0 Å². The van der Waals surface area contributed by atoms with Crippen LogP contribution < -0.4 is 10.1 Å². The molecule has 2 heterocycles. The fraction of sp³-hybridized carbons (Fsp3) is 0.667. The van der Waals surface area contributed by atoms with Crippen molar-refractivity contribution in [2.24, 2.45) is 5.92 Å². The van der Waals surface area contributed by atoms with E-state index in [9.17, 15) is 4.79 Å². The zero-order valence-corrected chi connectivity index (χ0v) is 16.4. The van der Waals surface area contributed by atoms with Gasteiger partial charge in [-0.1, -0.05) is 18.2 Å². The molecule has 1 amide bonds. The molecule has 1 aromatic carbocycles. The summed E-state index contributed by atoms with van der Waals surface area (Å²) in [5.74, 6) is -0.524. The van der Waals surface area contributed by atoms with Crippen molar-refractivity contribution in [3.05, 3.63) is 29.8 Å². The lowest BCUT2D eigenvalue weighted by atomic mass is 9.77. The smallest absolute Gasteiger partial charge is 0.220 e. The molecule has 1 saturated carbocycles. The molecule has 2 aliphatic heterocycles. The second kappa shape index (κ2) is 8.37. The van der Waals surface area contributed by atoms with Gasteiger partial charge in [-0.15, -0.1) is 0 Å². The molecule has 2 saturated heterocycles. The van der Waals surface area contributed by atoms with Gasteiger partial charge < -0.3 is 29.0 Å². The van der Waals surface area contributed by atoms with Crippen molar-refractivity contribution in [2.45, 2.75) is 43.7 Å². The minimum Gasteiger partial charge on any atom is -0.496 e. The van der Waals surface area contributed by atoms with Crippen LogP contribution in [0.2, 0.25) is 0 Å². The molecule has 3 aliphatic rings. The van der Waals surface area contributed by atoms with Crippen molar-refractivity contribution in [3.63, 3.8) is 0 Å². The maximum Gasteiger partial charge on any atom is 0.220 e. The van der Waals surface area contributed by atoms with Gasteiger partial charge in [-0.05, 0) is 24.5 Å². The van der Waals surface area contributed by atoms with Gasteiger partial charge in [0.2, 0.25) is 5.91 Å². The van der Waals surface area contributed by atoms with Crippen molar-refractivity contribution in [3.8, 4) is 5.75 Å². The molecule has 2 spiro atoms. The predicted molar refractivity (Wildman–Crippen MR) is 101 cm³/mol. The molecular weight excluding hydrogens is 362 g/mol. The standard InChI is InChI=1S/C21H29NO6/c1-24-18-5-3-2-4-16(18)7-9-22-19(23)14-17-6-8-20(25-10-11-26-20)15-21(17)27-12-13-28-21/h2-5,17H,6-15H2,1H3,(H,22,23). The summed E-state index contributed by atoms with van der Waals surface area (Å²) in [7, 11) is 1.66. The zero-order valence-electron chi connectivity index (χ0n) is 16.4. The van der Waals surface area contributed by atoms with Crippen LogP contribution in [0.4, 0.5) is 0 Å². The highest BCUT2D eigenvalue weighted by atomic mass is 16.8. The Hall–Kier alpha value is -1.67. The van der Waals surface area contributed by atoms with Crippen LogP contribution in [0.15, 0.2) is 24.3 Å². The summed E-state index contributed by atoms with van der Waals surface area (Å²) >= 11 is 0. The Morgan fingerprint density at radius 3 is 2.61 bits per heavy atom. The average Bonchev–Trinajstić information content (AvgIpc) is 3.35. The molecule has 1 unspecified atom stereocenters. The number of hydrogen-bond donors (Lipinski definition) is 1. The molecular formula is C21H29NO6. The number of nitrogens with one attached hydrogen (secondary N) is 1. The minimum atomic E-state index is -0.775. The first-order valence-corrected chi connectivity index (χ1v) is 10.1. The number of carbonyl (C=O) groups excluding carboxylic acids is 1. The first-order valence-electron chi connectivity index (χ1n) is 10.1. The Morgan fingerprint density at radius 1 is 1.14 bits per heavy atom. The Labute approximate surface area is 165 Å². The van der Waals surface area contributed by atoms with Gasteiger partial charge in [0.25, 0.3) is 0 Å². The van der Waals surface area contributed by atoms with Gasteiger partial charge in [0.15, 0.2) is 11.6 Å². The van der Waals surface area contributed by atoms with Crippen LogP contribution in [0.5, 0.6) is 5.75 Å². The van der Waals surface area contributed by atoms with Crippen molar-refractivity contribution in [1.82, 2.24) is 5.32 Å². The Morgan fingerprint density at radius 2 is 1.86 bits per heavy atom. The topological polar surface area (TPSA) is 75.3 Å². The number of carbonyl (C=O) groups is 1. The largest absolute Gasteiger partial charge is 0.496 e. The monoisotopic (exact) mass is 391 g/mol. The van der Waals surface area contributed by atoms with Crippen LogP contribution in [0.1, 0.15) is 31.2 Å². The summed E-state index contributed by atoms with van der Waals surface area (Å²) in [6.07, 6.45) is 3.17. The van der Waals surface area contributed by atoms with E-state index in [1.54, 1.807) is 7.11 Å². The summed E-state index contributed by atoms with van der Waals surface area (Å²) < 4.78 is 29.1. The van der Waals surface area contributed by atoms with E-state index in [0.29, 0.717) is 45.8 Å². The van der Waals surface area contributed by atoms with E-state index < -0.39 is 11.6 Å². The minimum absolute atomic E-state index is 0.000290. The Balaban J connectivity index is 1.32. The van der Waals surface area contributed by atoms with Gasteiger partial charge in [-0.25, -0.2) is 0 Å². The molecule has 28 heavy (non-hydrogen) atoms. The highest BCUT2D eigenvalue weighted by molar-refractivity contribution is 5.76. The second-order valence-corrected chi connectivity index (χ2v) is 7.64. The van der Waals surface area contributed by atoms with E-state index in [1.165, 1.54) is 0 Å². The average molecular weight is 391 g/mol. The molecule has 7 heteroatoms. The Bertz CT molecular complexity index is 681. The van der Waals surface area contributed by atoms with E-state index in [-0.39, 0.29) is 11.8 Å². The van der Waals surface area contributed by atoms with Gasteiger partial charge in [-0.2, -0.15) is 0 Å². The number of benzene rings is 1. The van der Waals surface area contributed by atoms with Crippen LogP contribution in [-0.2, 0) is 30.2 Å². The zero-order chi connectivity index (χ0) is 19.5. The molecule has 4 rings (SSSR count). The fourth-order valence-corrected chi connectivity index (χ4v) is 4.57. The van der Waals surface area contributed by atoms with Gasteiger partial charge in [0.05, 0.1) is 40.0 Å². The van der Waals surface area contributed by atoms with Gasteiger partial charge in [0, 0.05) is 25.3 Å². The molecule has 1 N–H and O–H groups in total. The van der Waals surface area contributed by atoms with E-state index in [2.05, 4.69) is 5.32 Å². The summed E-state index contributed by atoms with van der Waals surface area (Å²) in [5, 5.41) is 3.03. The molecule has 7 nitrogen and oxygen atoms in total. The summed E-state index contributed by atoms with van der Waals surface area (Å²) in [5.41, 5.74) is 1.08. The second-order valence-electron chi connectivity index (χ2n) is 7.64. The number of hydrogen-bond acceptors (Lipinski definition) is 6. The van der Waals surface area contributed by atoms with Crippen LogP contribution in [0, 0.1) is 5.92 Å². The lowest BCUT2D eigenvalue weighted by Crippen LogP contribution is -2.53. The highest BCUT2D eigenvalue weighted by Gasteiger charge is 2.56. The normalized spacial score (nSPS) is 25.2. The van der Waals surface area contributed by atoms with Gasteiger partial charge in [0.1, 0.15) is 5.75 Å². The molecule has 1 aromatic rings. The fourth-order valence-electron chi connectivity index (χ4n) is 4.57. The summed E-state index contributed by atoms with van der Waals surface area (Å²) in [6, 6.07) is 7.86. The lowest BCUT2D eigenvalue weighted by Gasteiger charge is -2.46. The van der Waals surface area contributed by atoms with E-state index in [4.69, 9.17) is 23.7 Å². The molecule has 0 aromatic heterocycles. The number of amides is 1. The molecule has 3 fully saturated rings. The van der Waals surface area contributed by atoms with Crippen LogP contribution in [0.25, 0.3) is 0 Å². The van der Waals surface area contributed by atoms with Gasteiger partial charge in [-0.3, -0.25) is 4.79 Å². The third-order valence-corrected chi connectivity index (χ3v) is 5.94. The SMILES string of the molecule is COc1ccccc1CCNC(=O)CC1CCC2(CC13OCCO3)OCCO2. The molecule has 1 aliphatic carbocycles. The van der Waals surface area contributed by atoms with Crippen LogP contribution >= 0.6 is 0 Å². The molecule has 0 radical (unpaired) electrons. The maximum atomic E-state index is 12.6. The van der Waals surface area contributed by atoms with Crippen molar-refractivity contribution in [2.75, 3.05) is 40.1 Å². The summed E-state index contributed by atoms with van der Waals surface area (Å²) in [6.45, 7) is 2.86. The lowest BCUT2D eigenvalue weighted by molar-refractivity contribution is -0.295. The third-order valence-electron chi connectivity index (χ3n) is 5.94. The molecule has 0 bridgehead atoms. The number of methoxy groups -OCH3 is 1. The van der Waals surface area contributed by atoms with Crippen molar-refractivity contribution >= 4 is 5.91 Å². The molecule has 1 atom stereocenters. The highest BCUT2D eigenvalue weighted by Crippen LogP contribution is 2.49. The van der Waals surface area contributed by atoms with Crippen molar-refractivity contribution < 1.29 is 28.5 Å². The number of para-hydroxylation sites is 1. The quantitative estimate of drug-likeness (QED) is 0.800. The first kappa shape index (κ1) is 19.6. The number of ether oxygens (including phenoxy) is 5. The van der Waals surface area contributed by atoms with E-state index >= 15 is 0 Å². The van der Waals surface area contributed by atoms with Crippen LogP contribution in [0.3, 0.4) is 0 Å².